The predicted molar refractivity (Wildman–Crippen MR) is 79.2 cm³/mol. The maximum absolute atomic E-state index is 6.32. The van der Waals surface area contributed by atoms with Gasteiger partial charge in [0, 0.05) is 14.2 Å². The third-order valence-corrected chi connectivity index (χ3v) is 6.19. The van der Waals surface area contributed by atoms with E-state index in [0.717, 1.165) is 11.8 Å². The molecule has 0 N–H and O–H groups in total. The lowest BCUT2D eigenvalue weighted by Gasteiger charge is -2.38. The van der Waals surface area contributed by atoms with Crippen LogP contribution in [-0.4, -0.2) is 29.9 Å². The summed E-state index contributed by atoms with van der Waals surface area (Å²) in [6.07, 6.45) is 14.1. The lowest BCUT2D eigenvalue weighted by atomic mass is 9.75. The van der Waals surface area contributed by atoms with Gasteiger partial charge in [0.1, 0.15) is 0 Å². The first kappa shape index (κ1) is 15.5. The molecule has 2 aliphatic carbocycles. The van der Waals surface area contributed by atoms with Crippen molar-refractivity contribution in [2.45, 2.75) is 70.3 Å². The SMILES string of the molecule is CO[SiH](OC)OC(C1CCCCC1)C1CCCCC1. The Labute approximate surface area is 120 Å². The summed E-state index contributed by atoms with van der Waals surface area (Å²) in [6, 6.07) is 0. The van der Waals surface area contributed by atoms with Crippen molar-refractivity contribution in [2.24, 2.45) is 11.8 Å². The summed E-state index contributed by atoms with van der Waals surface area (Å²) in [5, 5.41) is 0. The van der Waals surface area contributed by atoms with Gasteiger partial charge in [0.25, 0.3) is 0 Å². The lowest BCUT2D eigenvalue weighted by molar-refractivity contribution is -0.00631. The predicted octanol–water partition coefficient (Wildman–Crippen LogP) is 3.54. The van der Waals surface area contributed by atoms with Crippen LogP contribution in [0.25, 0.3) is 0 Å². The van der Waals surface area contributed by atoms with Crippen LogP contribution in [0.5, 0.6) is 0 Å². The zero-order valence-electron chi connectivity index (χ0n) is 12.6. The molecule has 2 saturated carbocycles. The Morgan fingerprint density at radius 1 is 0.737 bits per heavy atom. The van der Waals surface area contributed by atoms with E-state index in [2.05, 4.69) is 0 Å². The van der Waals surface area contributed by atoms with Gasteiger partial charge in [0.15, 0.2) is 0 Å². The summed E-state index contributed by atoms with van der Waals surface area (Å²) in [5.41, 5.74) is 0. The van der Waals surface area contributed by atoms with Crippen LogP contribution in [0, 0.1) is 11.8 Å². The van der Waals surface area contributed by atoms with Crippen LogP contribution in [0.3, 0.4) is 0 Å². The minimum atomic E-state index is -1.89. The highest BCUT2D eigenvalue weighted by Gasteiger charge is 2.34. The van der Waals surface area contributed by atoms with Gasteiger partial charge < -0.3 is 13.3 Å². The minimum Gasteiger partial charge on any atom is -0.379 e. The second kappa shape index (κ2) is 8.40. The third-order valence-electron chi connectivity index (χ3n) is 4.88. The molecule has 2 fully saturated rings. The monoisotopic (exact) mass is 286 g/mol. The first-order valence-corrected chi connectivity index (χ1v) is 9.47. The molecule has 0 aliphatic heterocycles. The topological polar surface area (TPSA) is 27.7 Å². The van der Waals surface area contributed by atoms with Crippen molar-refractivity contribution in [3.63, 3.8) is 0 Å². The summed E-state index contributed by atoms with van der Waals surface area (Å²) in [5.74, 6) is 1.49. The van der Waals surface area contributed by atoms with Crippen LogP contribution in [0.15, 0.2) is 0 Å². The van der Waals surface area contributed by atoms with Crippen LogP contribution in [0.2, 0.25) is 0 Å². The molecule has 4 heteroatoms. The Morgan fingerprint density at radius 3 is 1.53 bits per heavy atom. The fraction of sp³-hybridized carbons (Fsp3) is 1.00. The zero-order valence-corrected chi connectivity index (χ0v) is 13.8. The van der Waals surface area contributed by atoms with E-state index < -0.39 is 9.53 Å². The molecule has 0 unspecified atom stereocenters. The van der Waals surface area contributed by atoms with Gasteiger partial charge >= 0.3 is 9.53 Å². The minimum absolute atomic E-state index is 0.400. The van der Waals surface area contributed by atoms with Crippen LogP contribution in [-0.2, 0) is 13.3 Å². The largest absolute Gasteiger partial charge is 0.483 e. The van der Waals surface area contributed by atoms with Crippen LogP contribution in [0.4, 0.5) is 0 Å². The Hall–Kier alpha value is 0.0969. The van der Waals surface area contributed by atoms with Crippen molar-refractivity contribution in [2.75, 3.05) is 14.2 Å². The highest BCUT2D eigenvalue weighted by atomic mass is 28.3. The van der Waals surface area contributed by atoms with Crippen molar-refractivity contribution in [1.29, 1.82) is 0 Å². The number of hydrogen-bond acceptors (Lipinski definition) is 3. The van der Waals surface area contributed by atoms with E-state index in [9.17, 15) is 0 Å². The quantitative estimate of drug-likeness (QED) is 0.699. The standard InChI is InChI=1S/C15H30O3Si/c1-16-19(17-2)18-15(13-9-5-3-6-10-13)14-11-7-4-8-12-14/h13-15,19H,3-12H2,1-2H3. The molecule has 19 heavy (non-hydrogen) atoms. The molecule has 0 atom stereocenters. The Balaban J connectivity index is 1.97. The molecule has 0 amide bonds. The van der Waals surface area contributed by atoms with Gasteiger partial charge in [0.2, 0.25) is 0 Å². The van der Waals surface area contributed by atoms with E-state index in [1.807, 2.05) is 0 Å². The average Bonchev–Trinajstić information content (AvgIpc) is 2.50. The van der Waals surface area contributed by atoms with Gasteiger partial charge in [-0.3, -0.25) is 0 Å². The van der Waals surface area contributed by atoms with Gasteiger partial charge in [-0.1, -0.05) is 38.5 Å². The highest BCUT2D eigenvalue weighted by Crippen LogP contribution is 2.37. The second-order valence-electron chi connectivity index (χ2n) is 6.16. The molecule has 0 radical (unpaired) electrons. The second-order valence-corrected chi connectivity index (χ2v) is 7.95. The third kappa shape index (κ3) is 4.55. The Bertz CT molecular complexity index is 216. The van der Waals surface area contributed by atoms with E-state index in [1.165, 1.54) is 64.2 Å². The van der Waals surface area contributed by atoms with E-state index in [-0.39, 0.29) is 0 Å². The molecule has 0 spiro atoms. The van der Waals surface area contributed by atoms with E-state index in [4.69, 9.17) is 13.3 Å². The smallest absolute Gasteiger partial charge is 0.379 e. The molecule has 2 aliphatic rings. The van der Waals surface area contributed by atoms with Crippen molar-refractivity contribution >= 4 is 9.53 Å². The van der Waals surface area contributed by atoms with Gasteiger partial charge in [-0.2, -0.15) is 0 Å². The van der Waals surface area contributed by atoms with Gasteiger partial charge in [-0.15, -0.1) is 0 Å². The maximum Gasteiger partial charge on any atom is 0.483 e. The summed E-state index contributed by atoms with van der Waals surface area (Å²) in [7, 11) is 1.55. The van der Waals surface area contributed by atoms with E-state index >= 15 is 0 Å². The number of hydrogen-bond donors (Lipinski definition) is 0. The van der Waals surface area contributed by atoms with Crippen LogP contribution >= 0.6 is 0 Å². The summed E-state index contributed by atoms with van der Waals surface area (Å²) < 4.78 is 17.1. The summed E-state index contributed by atoms with van der Waals surface area (Å²) >= 11 is 0. The fourth-order valence-corrected chi connectivity index (χ4v) is 4.98. The molecule has 3 nitrogen and oxygen atoms in total. The molecule has 0 aromatic rings. The van der Waals surface area contributed by atoms with Gasteiger partial charge in [-0.05, 0) is 37.5 Å². The Morgan fingerprint density at radius 2 is 1.16 bits per heavy atom. The molecule has 0 aromatic carbocycles. The van der Waals surface area contributed by atoms with E-state index in [1.54, 1.807) is 14.2 Å². The highest BCUT2D eigenvalue weighted by molar-refractivity contribution is 6.36. The van der Waals surface area contributed by atoms with Crippen molar-refractivity contribution < 1.29 is 13.3 Å². The molecule has 112 valence electrons. The van der Waals surface area contributed by atoms with E-state index in [0.29, 0.717) is 6.10 Å². The van der Waals surface area contributed by atoms with Gasteiger partial charge in [0.05, 0.1) is 6.10 Å². The van der Waals surface area contributed by atoms with Crippen molar-refractivity contribution in [3.05, 3.63) is 0 Å². The first-order chi connectivity index (χ1) is 9.35. The maximum atomic E-state index is 6.32. The Kier molecular flexibility index (Phi) is 6.84. The molecule has 0 bridgehead atoms. The van der Waals surface area contributed by atoms with Crippen LogP contribution in [0.1, 0.15) is 64.2 Å². The molecular formula is C15H30O3Si. The average molecular weight is 286 g/mol. The summed E-state index contributed by atoms with van der Waals surface area (Å²) in [4.78, 5) is 0. The fourth-order valence-electron chi connectivity index (χ4n) is 3.87. The normalized spacial score (nSPS) is 23.4. The zero-order chi connectivity index (χ0) is 13.5. The van der Waals surface area contributed by atoms with Gasteiger partial charge in [-0.25, -0.2) is 0 Å². The van der Waals surface area contributed by atoms with Crippen LogP contribution < -0.4 is 0 Å². The molecule has 2 rings (SSSR count). The molecular weight excluding hydrogens is 256 g/mol. The van der Waals surface area contributed by atoms with Crippen molar-refractivity contribution in [3.8, 4) is 0 Å². The summed E-state index contributed by atoms with van der Waals surface area (Å²) in [6.45, 7) is 0. The lowest BCUT2D eigenvalue weighted by Crippen LogP contribution is -2.40. The first-order valence-electron chi connectivity index (χ1n) is 8.06. The molecule has 0 saturated heterocycles. The van der Waals surface area contributed by atoms with Crippen molar-refractivity contribution in [1.82, 2.24) is 0 Å². The number of rotatable bonds is 6. The molecule has 0 heterocycles. The molecule has 0 aromatic heterocycles.